The highest BCUT2D eigenvalue weighted by atomic mass is 79.9. The summed E-state index contributed by atoms with van der Waals surface area (Å²) in [6, 6.07) is 5.10. The first-order valence-electron chi connectivity index (χ1n) is 5.35. The van der Waals surface area contributed by atoms with E-state index in [9.17, 15) is 9.18 Å². The lowest BCUT2D eigenvalue weighted by Gasteiger charge is -2.00. The molecule has 0 bridgehead atoms. The molecule has 2 aromatic rings. The van der Waals surface area contributed by atoms with Gasteiger partial charge in [-0.2, -0.15) is 4.39 Å². The van der Waals surface area contributed by atoms with Crippen molar-refractivity contribution in [1.82, 2.24) is 10.3 Å². The summed E-state index contributed by atoms with van der Waals surface area (Å²) in [5.41, 5.74) is 1.11. The molecule has 0 saturated carbocycles. The van der Waals surface area contributed by atoms with Gasteiger partial charge in [0.1, 0.15) is 6.61 Å². The molecule has 100 valence electrons. The number of carbonyl (C=O) groups is 1. The molecule has 4 nitrogen and oxygen atoms in total. The van der Waals surface area contributed by atoms with Gasteiger partial charge in [0.15, 0.2) is 0 Å². The normalized spacial score (nSPS) is 10.3. The predicted molar refractivity (Wildman–Crippen MR) is 74.5 cm³/mol. The van der Waals surface area contributed by atoms with Gasteiger partial charge in [0, 0.05) is 29.2 Å². The van der Waals surface area contributed by atoms with Crippen molar-refractivity contribution < 1.29 is 13.9 Å². The minimum Gasteiger partial charge on any atom is -0.444 e. The van der Waals surface area contributed by atoms with Gasteiger partial charge in [-0.05, 0) is 34.1 Å². The second-order valence-electron chi connectivity index (χ2n) is 3.57. The zero-order chi connectivity index (χ0) is 13.8. The van der Waals surface area contributed by atoms with Crippen molar-refractivity contribution in [3.05, 3.63) is 39.0 Å². The smallest absolute Gasteiger partial charge is 0.407 e. The number of halogens is 2. The van der Waals surface area contributed by atoms with E-state index in [1.54, 1.807) is 18.2 Å². The van der Waals surface area contributed by atoms with E-state index in [4.69, 9.17) is 4.74 Å². The van der Waals surface area contributed by atoms with Crippen molar-refractivity contribution in [1.29, 1.82) is 0 Å². The van der Waals surface area contributed by atoms with Gasteiger partial charge < -0.3 is 10.1 Å². The van der Waals surface area contributed by atoms with Crippen molar-refractivity contribution in [3.8, 4) is 11.1 Å². The number of aromatic nitrogens is 1. The number of nitrogens with zero attached hydrogens (tertiary/aromatic N) is 1. The van der Waals surface area contributed by atoms with Gasteiger partial charge in [-0.3, -0.25) is 0 Å². The molecule has 0 aliphatic rings. The quantitative estimate of drug-likeness (QED) is 0.866. The van der Waals surface area contributed by atoms with Gasteiger partial charge in [-0.1, -0.05) is 0 Å². The second-order valence-corrected chi connectivity index (χ2v) is 6.02. The predicted octanol–water partition coefficient (Wildman–Crippen LogP) is 3.57. The average Bonchev–Trinajstić information content (AvgIpc) is 2.77. The van der Waals surface area contributed by atoms with E-state index in [-0.39, 0.29) is 6.61 Å². The molecule has 0 fully saturated rings. The van der Waals surface area contributed by atoms with Crippen LogP contribution in [0.2, 0.25) is 0 Å². The minimum atomic E-state index is -0.528. The second kappa shape index (κ2) is 6.12. The summed E-state index contributed by atoms with van der Waals surface area (Å²) in [5.74, 6) is -0.528. The zero-order valence-corrected chi connectivity index (χ0v) is 12.3. The standard InChI is InChI=1S/C12H10BrFN2O2S/c1-15-12(17)18-6-7-5-9(10(13)19-7)8-3-2-4-16-11(8)14/h2-5H,6H2,1H3,(H,15,17). The van der Waals surface area contributed by atoms with Crippen LogP contribution in [0.3, 0.4) is 0 Å². The first-order valence-corrected chi connectivity index (χ1v) is 6.96. The molecule has 1 N–H and O–H groups in total. The molecule has 2 rings (SSSR count). The summed E-state index contributed by atoms with van der Waals surface area (Å²) in [6.07, 6.45) is 0.896. The van der Waals surface area contributed by atoms with Gasteiger partial charge >= 0.3 is 6.09 Å². The Morgan fingerprint density at radius 2 is 2.37 bits per heavy atom. The molecule has 0 radical (unpaired) electrons. The molecule has 19 heavy (non-hydrogen) atoms. The van der Waals surface area contributed by atoms with Crippen molar-refractivity contribution in [2.45, 2.75) is 6.61 Å². The number of pyridine rings is 1. The lowest BCUT2D eigenvalue weighted by molar-refractivity contribution is 0.143. The maximum Gasteiger partial charge on any atom is 0.407 e. The van der Waals surface area contributed by atoms with E-state index in [0.29, 0.717) is 11.1 Å². The van der Waals surface area contributed by atoms with E-state index in [0.717, 1.165) is 8.66 Å². The SMILES string of the molecule is CNC(=O)OCc1cc(-c2cccnc2F)c(Br)s1. The highest BCUT2D eigenvalue weighted by molar-refractivity contribution is 9.11. The highest BCUT2D eigenvalue weighted by Gasteiger charge is 2.14. The Balaban J connectivity index is 2.22. The minimum absolute atomic E-state index is 0.144. The van der Waals surface area contributed by atoms with Gasteiger partial charge in [0.2, 0.25) is 5.95 Å². The van der Waals surface area contributed by atoms with E-state index in [2.05, 4.69) is 26.2 Å². The van der Waals surface area contributed by atoms with Gasteiger partial charge in [-0.25, -0.2) is 9.78 Å². The lowest BCUT2D eigenvalue weighted by Crippen LogP contribution is -2.18. The summed E-state index contributed by atoms with van der Waals surface area (Å²) in [6.45, 7) is 0.144. The Morgan fingerprint density at radius 3 is 3.05 bits per heavy atom. The molecule has 2 aromatic heterocycles. The fourth-order valence-electron chi connectivity index (χ4n) is 1.47. The van der Waals surface area contributed by atoms with Crippen LogP contribution in [-0.4, -0.2) is 18.1 Å². The van der Waals surface area contributed by atoms with E-state index in [1.165, 1.54) is 24.6 Å². The first kappa shape index (κ1) is 14.0. The Kier molecular flexibility index (Phi) is 4.49. The van der Waals surface area contributed by atoms with E-state index >= 15 is 0 Å². The van der Waals surface area contributed by atoms with Gasteiger partial charge in [0.25, 0.3) is 0 Å². The molecule has 0 saturated heterocycles. The Morgan fingerprint density at radius 1 is 1.58 bits per heavy atom. The number of amides is 1. The van der Waals surface area contributed by atoms with Crippen LogP contribution >= 0.6 is 27.3 Å². The van der Waals surface area contributed by atoms with Crippen LogP contribution in [0.1, 0.15) is 4.88 Å². The topological polar surface area (TPSA) is 51.2 Å². The summed E-state index contributed by atoms with van der Waals surface area (Å²) < 4.78 is 19.3. The van der Waals surface area contributed by atoms with Crippen LogP contribution in [0, 0.1) is 5.95 Å². The Bertz CT molecular complexity index is 603. The monoisotopic (exact) mass is 344 g/mol. The van der Waals surface area contributed by atoms with Crippen molar-refractivity contribution in [3.63, 3.8) is 0 Å². The number of carbonyl (C=O) groups excluding carboxylic acids is 1. The van der Waals surface area contributed by atoms with Crippen LogP contribution in [0.15, 0.2) is 28.2 Å². The molecule has 0 aromatic carbocycles. The molecule has 1 amide bonds. The number of ether oxygens (including phenoxy) is 1. The zero-order valence-electron chi connectivity index (χ0n) is 9.94. The number of alkyl carbamates (subject to hydrolysis) is 1. The number of rotatable bonds is 3. The summed E-state index contributed by atoms with van der Waals surface area (Å²) in [5, 5.41) is 2.36. The van der Waals surface area contributed by atoms with Crippen LogP contribution in [-0.2, 0) is 11.3 Å². The summed E-state index contributed by atoms with van der Waals surface area (Å²) in [4.78, 5) is 15.4. The fraction of sp³-hybridized carbons (Fsp3) is 0.167. The van der Waals surface area contributed by atoms with Gasteiger partial charge in [-0.15, -0.1) is 11.3 Å². The molecular formula is C12H10BrFN2O2S. The van der Waals surface area contributed by atoms with Crippen LogP contribution in [0.4, 0.5) is 9.18 Å². The summed E-state index contributed by atoms with van der Waals surface area (Å²) >= 11 is 4.77. The number of hydrogen-bond acceptors (Lipinski definition) is 4. The van der Waals surface area contributed by atoms with E-state index in [1.807, 2.05) is 0 Å². The van der Waals surface area contributed by atoms with Crippen molar-refractivity contribution in [2.75, 3.05) is 7.05 Å². The fourth-order valence-corrected chi connectivity index (χ4v) is 3.22. The molecular weight excluding hydrogens is 335 g/mol. The lowest BCUT2D eigenvalue weighted by atomic mass is 10.1. The largest absolute Gasteiger partial charge is 0.444 e. The number of hydrogen-bond donors (Lipinski definition) is 1. The van der Waals surface area contributed by atoms with E-state index < -0.39 is 12.0 Å². The van der Waals surface area contributed by atoms with Crippen molar-refractivity contribution in [2.24, 2.45) is 0 Å². The molecule has 2 heterocycles. The maximum absolute atomic E-state index is 13.6. The number of thiophene rings is 1. The van der Waals surface area contributed by atoms with Crippen LogP contribution < -0.4 is 5.32 Å². The van der Waals surface area contributed by atoms with Crippen LogP contribution in [0.5, 0.6) is 0 Å². The average molecular weight is 345 g/mol. The number of nitrogens with one attached hydrogen (secondary N) is 1. The maximum atomic E-state index is 13.6. The molecule has 0 atom stereocenters. The summed E-state index contributed by atoms with van der Waals surface area (Å²) in [7, 11) is 1.49. The molecule has 0 spiro atoms. The third-order valence-corrected chi connectivity index (χ3v) is 4.15. The van der Waals surface area contributed by atoms with Gasteiger partial charge in [0.05, 0.1) is 3.79 Å². The van der Waals surface area contributed by atoms with Crippen molar-refractivity contribution >= 4 is 33.4 Å². The molecule has 0 aliphatic heterocycles. The third-order valence-electron chi connectivity index (χ3n) is 2.34. The molecule has 7 heteroatoms. The Labute approximate surface area is 121 Å². The van der Waals surface area contributed by atoms with Crippen LogP contribution in [0.25, 0.3) is 11.1 Å². The first-order chi connectivity index (χ1) is 9.11. The molecule has 0 aliphatic carbocycles. The highest BCUT2D eigenvalue weighted by Crippen LogP contribution is 2.36. The Hall–Kier alpha value is -1.47. The molecule has 0 unspecified atom stereocenters. The third kappa shape index (κ3) is 3.30.